The van der Waals surface area contributed by atoms with Crippen LogP contribution in [0.3, 0.4) is 0 Å². The minimum Gasteiger partial charge on any atom is -0.478 e. The number of thiocarbonyl (C=S) groups is 1. The molecule has 0 saturated heterocycles. The Bertz CT molecular complexity index is 317. The molecule has 0 aromatic rings. The van der Waals surface area contributed by atoms with Gasteiger partial charge < -0.3 is 10.4 Å². The summed E-state index contributed by atoms with van der Waals surface area (Å²) in [7, 11) is 1.89. The molecule has 1 rings (SSSR count). The predicted octanol–water partition coefficient (Wildman–Crippen LogP) is 2.07. The topological polar surface area (TPSA) is 49.3 Å². The van der Waals surface area contributed by atoms with Crippen molar-refractivity contribution in [1.82, 2.24) is 5.32 Å². The standard InChI is InChI=1S/C7H9NS.C4H6O2/c1-8-6-4-2-3-5-7(6)9;1-3(2)4(5)6/h2-4,8H,5H2,1H3;1H2,2H3,(H,5,6). The molecule has 0 unspecified atom stereocenters. The lowest BCUT2D eigenvalue weighted by Crippen LogP contribution is -2.15. The highest BCUT2D eigenvalue weighted by Gasteiger charge is 2.01. The highest BCUT2D eigenvalue weighted by atomic mass is 32.1. The van der Waals surface area contributed by atoms with Crippen molar-refractivity contribution in [2.75, 3.05) is 7.05 Å². The Balaban J connectivity index is 0.000000288. The minimum atomic E-state index is -0.935. The van der Waals surface area contributed by atoms with E-state index < -0.39 is 5.97 Å². The third kappa shape index (κ3) is 5.80. The Morgan fingerprint density at radius 1 is 1.67 bits per heavy atom. The molecule has 82 valence electrons. The lowest BCUT2D eigenvalue weighted by Gasteiger charge is -2.08. The Morgan fingerprint density at radius 3 is 2.47 bits per heavy atom. The van der Waals surface area contributed by atoms with Crippen LogP contribution >= 0.6 is 12.2 Å². The van der Waals surface area contributed by atoms with Gasteiger partial charge in [0.25, 0.3) is 0 Å². The number of hydrogen-bond acceptors (Lipinski definition) is 3. The number of carbonyl (C=O) groups is 1. The van der Waals surface area contributed by atoms with Crippen LogP contribution in [0.1, 0.15) is 13.3 Å². The normalized spacial score (nSPS) is 13.5. The van der Waals surface area contributed by atoms with Crippen molar-refractivity contribution >= 4 is 23.1 Å². The van der Waals surface area contributed by atoms with Crippen molar-refractivity contribution in [3.63, 3.8) is 0 Å². The van der Waals surface area contributed by atoms with Gasteiger partial charge in [0.05, 0.1) is 0 Å². The van der Waals surface area contributed by atoms with Gasteiger partial charge in [0, 0.05) is 29.6 Å². The molecule has 0 fully saturated rings. The highest BCUT2D eigenvalue weighted by molar-refractivity contribution is 7.80. The molecule has 15 heavy (non-hydrogen) atoms. The van der Waals surface area contributed by atoms with Crippen LogP contribution in [0.25, 0.3) is 0 Å². The van der Waals surface area contributed by atoms with E-state index >= 15 is 0 Å². The van der Waals surface area contributed by atoms with E-state index in [1.54, 1.807) is 0 Å². The van der Waals surface area contributed by atoms with Gasteiger partial charge >= 0.3 is 5.97 Å². The van der Waals surface area contributed by atoms with Crippen LogP contribution < -0.4 is 5.32 Å². The van der Waals surface area contributed by atoms with Gasteiger partial charge in [0.1, 0.15) is 0 Å². The first-order valence-corrected chi connectivity index (χ1v) is 4.86. The third-order valence-electron chi connectivity index (χ3n) is 1.64. The zero-order valence-electron chi connectivity index (χ0n) is 8.91. The van der Waals surface area contributed by atoms with Gasteiger partial charge in [-0.2, -0.15) is 0 Å². The number of carboxylic acids is 1. The van der Waals surface area contributed by atoms with E-state index in [4.69, 9.17) is 17.3 Å². The van der Waals surface area contributed by atoms with Crippen LogP contribution in [0, 0.1) is 0 Å². The molecule has 0 aliphatic heterocycles. The molecule has 4 heteroatoms. The van der Waals surface area contributed by atoms with E-state index in [9.17, 15) is 4.79 Å². The predicted molar refractivity (Wildman–Crippen MR) is 65.9 cm³/mol. The Labute approximate surface area is 95.2 Å². The van der Waals surface area contributed by atoms with Crippen molar-refractivity contribution in [1.29, 1.82) is 0 Å². The molecule has 0 heterocycles. The average Bonchev–Trinajstić information content (AvgIpc) is 2.19. The fraction of sp³-hybridized carbons (Fsp3) is 0.273. The second kappa shape index (κ2) is 6.95. The van der Waals surface area contributed by atoms with Crippen molar-refractivity contribution in [2.45, 2.75) is 13.3 Å². The van der Waals surface area contributed by atoms with Gasteiger partial charge in [-0.1, -0.05) is 30.9 Å². The molecule has 0 spiro atoms. The van der Waals surface area contributed by atoms with Crippen molar-refractivity contribution < 1.29 is 9.90 Å². The molecule has 1 aliphatic carbocycles. The van der Waals surface area contributed by atoms with Crippen LogP contribution in [-0.4, -0.2) is 23.0 Å². The van der Waals surface area contributed by atoms with Gasteiger partial charge in [-0.3, -0.25) is 0 Å². The number of hydrogen-bond donors (Lipinski definition) is 2. The molecule has 3 nitrogen and oxygen atoms in total. The molecule has 0 amide bonds. The molecular weight excluding hydrogens is 210 g/mol. The molecule has 0 radical (unpaired) electrons. The molecule has 0 aromatic heterocycles. The van der Waals surface area contributed by atoms with Gasteiger partial charge in [-0.25, -0.2) is 4.79 Å². The number of aliphatic carboxylic acids is 1. The zero-order chi connectivity index (χ0) is 11.8. The summed E-state index contributed by atoms with van der Waals surface area (Å²) in [5.74, 6) is -0.935. The second-order valence-electron chi connectivity index (χ2n) is 2.97. The van der Waals surface area contributed by atoms with Crippen LogP contribution in [-0.2, 0) is 4.79 Å². The number of nitrogens with one attached hydrogen (secondary N) is 1. The summed E-state index contributed by atoms with van der Waals surface area (Å²) in [5.41, 5.74) is 1.25. The summed E-state index contributed by atoms with van der Waals surface area (Å²) in [6.45, 7) is 4.60. The molecule has 1 aliphatic rings. The Morgan fingerprint density at radius 2 is 2.20 bits per heavy atom. The smallest absolute Gasteiger partial charge is 0.330 e. The first kappa shape index (κ1) is 13.6. The van der Waals surface area contributed by atoms with Crippen LogP contribution in [0.2, 0.25) is 0 Å². The fourth-order valence-electron chi connectivity index (χ4n) is 0.765. The summed E-state index contributed by atoms with van der Waals surface area (Å²) >= 11 is 5.04. The number of allylic oxidation sites excluding steroid dienone is 4. The number of carboxylic acid groups (broad SMARTS) is 1. The van der Waals surface area contributed by atoms with Crippen LogP contribution in [0.4, 0.5) is 0 Å². The summed E-state index contributed by atoms with van der Waals surface area (Å²) in [6.07, 6.45) is 6.97. The van der Waals surface area contributed by atoms with Crippen LogP contribution in [0.5, 0.6) is 0 Å². The van der Waals surface area contributed by atoms with Crippen molar-refractivity contribution in [3.05, 3.63) is 36.1 Å². The summed E-state index contributed by atoms with van der Waals surface area (Å²) < 4.78 is 0. The SMILES string of the molecule is C=C(C)C(=O)O.CNC1=CC=CCC1=S. The lowest BCUT2D eigenvalue weighted by atomic mass is 10.1. The molecule has 2 N–H and O–H groups in total. The minimum absolute atomic E-state index is 0.176. The van der Waals surface area contributed by atoms with Gasteiger partial charge in [0.15, 0.2) is 0 Å². The first-order valence-electron chi connectivity index (χ1n) is 4.45. The molecule has 0 bridgehead atoms. The zero-order valence-corrected chi connectivity index (χ0v) is 9.73. The maximum atomic E-state index is 9.60. The van der Waals surface area contributed by atoms with Crippen molar-refractivity contribution in [2.24, 2.45) is 0 Å². The van der Waals surface area contributed by atoms with E-state index in [1.807, 2.05) is 19.2 Å². The van der Waals surface area contributed by atoms with Gasteiger partial charge in [-0.15, -0.1) is 0 Å². The molecule has 0 atom stereocenters. The van der Waals surface area contributed by atoms with Crippen LogP contribution in [0.15, 0.2) is 36.1 Å². The van der Waals surface area contributed by atoms with Crippen molar-refractivity contribution in [3.8, 4) is 0 Å². The Hall–Kier alpha value is -1.42. The molecule has 0 saturated carbocycles. The van der Waals surface area contributed by atoms with Gasteiger partial charge in [0.2, 0.25) is 0 Å². The lowest BCUT2D eigenvalue weighted by molar-refractivity contribution is -0.132. The van der Waals surface area contributed by atoms with E-state index in [1.165, 1.54) is 6.92 Å². The largest absolute Gasteiger partial charge is 0.478 e. The molecule has 0 aromatic carbocycles. The van der Waals surface area contributed by atoms with E-state index in [0.717, 1.165) is 17.0 Å². The second-order valence-corrected chi connectivity index (χ2v) is 3.46. The molecular formula is C11H15NO2S. The maximum Gasteiger partial charge on any atom is 0.330 e. The fourth-order valence-corrected chi connectivity index (χ4v) is 1.03. The Kier molecular flexibility index (Phi) is 6.29. The average molecular weight is 225 g/mol. The first-order chi connectivity index (χ1) is 6.99. The highest BCUT2D eigenvalue weighted by Crippen LogP contribution is 2.05. The summed E-state index contributed by atoms with van der Waals surface area (Å²) in [6, 6.07) is 0. The maximum absolute atomic E-state index is 9.60. The van der Waals surface area contributed by atoms with E-state index in [2.05, 4.69) is 18.0 Å². The monoisotopic (exact) mass is 225 g/mol. The van der Waals surface area contributed by atoms with E-state index in [-0.39, 0.29) is 5.57 Å². The summed E-state index contributed by atoms with van der Waals surface area (Å²) in [5, 5.41) is 10.9. The number of rotatable bonds is 2. The quantitative estimate of drug-likeness (QED) is 0.558. The van der Waals surface area contributed by atoms with E-state index in [0.29, 0.717) is 0 Å². The van der Waals surface area contributed by atoms with Gasteiger partial charge in [-0.05, 0) is 13.0 Å². The summed E-state index contributed by atoms with van der Waals surface area (Å²) in [4.78, 5) is 10.6. The third-order valence-corrected chi connectivity index (χ3v) is 2.02.